The Morgan fingerprint density at radius 1 is 1.05 bits per heavy atom. The average molecular weight is 584 g/mol. The molecule has 4 N–H and O–H groups in total. The molecule has 0 saturated heterocycles. The number of ketones is 1. The molecule has 10 nitrogen and oxygen atoms in total. The normalized spacial score (nSPS) is 11.6. The molecule has 0 saturated carbocycles. The molecule has 0 unspecified atom stereocenters. The van der Waals surface area contributed by atoms with Gasteiger partial charge in [0.1, 0.15) is 16.5 Å². The molecule has 3 heterocycles. The van der Waals surface area contributed by atoms with Gasteiger partial charge >= 0.3 is 0 Å². The topological polar surface area (TPSA) is 142 Å². The van der Waals surface area contributed by atoms with Crippen molar-refractivity contribution in [1.82, 2.24) is 24.9 Å². The Bertz CT molecular complexity index is 1820. The third-order valence-electron chi connectivity index (χ3n) is 5.98. The number of H-pyrrole nitrogens is 1. The largest absolute Gasteiger partial charge is 0.363 e. The standard InChI is InChI=1S/C26H23F2N7O3S2/c1-3-10-32-40(37,38)35-20-9-8-19(27)21(22(20)28)23(36)18-13-31-24-17(18)11-16(12-30-24)14-4-6-15(7-5-14)25-33-34-26(29-2)39-25/h4-9,11-13,32,35H,3,10H2,1-2H3,(H,29,34)(H,30,31). The van der Waals surface area contributed by atoms with Gasteiger partial charge in [0, 0.05) is 48.1 Å². The lowest BCUT2D eigenvalue weighted by atomic mass is 9.99. The third kappa shape index (κ3) is 5.41. The first-order valence-corrected chi connectivity index (χ1v) is 14.4. The van der Waals surface area contributed by atoms with E-state index in [9.17, 15) is 17.6 Å². The number of hydrogen-bond donors (Lipinski definition) is 4. The van der Waals surface area contributed by atoms with Gasteiger partial charge in [-0.2, -0.15) is 13.1 Å². The second-order valence-electron chi connectivity index (χ2n) is 8.68. The van der Waals surface area contributed by atoms with Crippen LogP contribution in [0.2, 0.25) is 0 Å². The van der Waals surface area contributed by atoms with Gasteiger partial charge in [0.2, 0.25) is 10.9 Å². The predicted octanol–water partition coefficient (Wildman–Crippen LogP) is 4.96. The number of nitrogens with one attached hydrogen (secondary N) is 4. The van der Waals surface area contributed by atoms with E-state index < -0.39 is 38.9 Å². The van der Waals surface area contributed by atoms with Gasteiger partial charge in [0.15, 0.2) is 5.82 Å². The number of benzene rings is 2. The van der Waals surface area contributed by atoms with Crippen LogP contribution < -0.4 is 14.8 Å². The van der Waals surface area contributed by atoms with Gasteiger partial charge in [-0.1, -0.05) is 42.5 Å². The van der Waals surface area contributed by atoms with Crippen LogP contribution >= 0.6 is 11.3 Å². The Morgan fingerprint density at radius 3 is 2.50 bits per heavy atom. The number of pyridine rings is 1. The van der Waals surface area contributed by atoms with E-state index in [4.69, 9.17) is 0 Å². The van der Waals surface area contributed by atoms with Crippen LogP contribution in [0.1, 0.15) is 29.3 Å². The maximum Gasteiger partial charge on any atom is 0.299 e. The second kappa shape index (κ2) is 11.1. The number of aromatic amines is 1. The molecule has 0 aliphatic rings. The minimum absolute atomic E-state index is 0.0173. The molecule has 0 aliphatic carbocycles. The Kier molecular flexibility index (Phi) is 7.56. The fourth-order valence-electron chi connectivity index (χ4n) is 3.99. The van der Waals surface area contributed by atoms with Gasteiger partial charge in [-0.15, -0.1) is 10.2 Å². The van der Waals surface area contributed by atoms with Crippen LogP contribution in [0.5, 0.6) is 0 Å². The molecule has 0 bridgehead atoms. The number of carbonyl (C=O) groups excluding carboxylic acids is 1. The molecule has 14 heteroatoms. The minimum Gasteiger partial charge on any atom is -0.363 e. The summed E-state index contributed by atoms with van der Waals surface area (Å²) in [5, 5.41) is 12.9. The number of rotatable bonds is 10. The van der Waals surface area contributed by atoms with Crippen molar-refractivity contribution in [3.05, 3.63) is 77.6 Å². The fraction of sp³-hybridized carbons (Fsp3) is 0.154. The fourth-order valence-corrected chi connectivity index (χ4v) is 5.68. The van der Waals surface area contributed by atoms with E-state index in [-0.39, 0.29) is 12.1 Å². The molecular formula is C26H23F2N7O3S2. The van der Waals surface area contributed by atoms with Crippen molar-refractivity contribution in [2.75, 3.05) is 23.6 Å². The summed E-state index contributed by atoms with van der Waals surface area (Å²) in [6, 6.07) is 11.0. The zero-order valence-electron chi connectivity index (χ0n) is 21.2. The van der Waals surface area contributed by atoms with Crippen LogP contribution in [0.3, 0.4) is 0 Å². The van der Waals surface area contributed by atoms with Crippen molar-refractivity contribution in [1.29, 1.82) is 0 Å². The van der Waals surface area contributed by atoms with E-state index in [0.717, 1.165) is 28.3 Å². The predicted molar refractivity (Wildman–Crippen MR) is 151 cm³/mol. The first-order valence-electron chi connectivity index (χ1n) is 12.1. The van der Waals surface area contributed by atoms with Gasteiger partial charge in [-0.05, 0) is 30.2 Å². The third-order valence-corrected chi connectivity index (χ3v) is 8.05. The summed E-state index contributed by atoms with van der Waals surface area (Å²) < 4.78 is 58.7. The molecule has 5 aromatic rings. The molecular weight excluding hydrogens is 560 g/mol. The van der Waals surface area contributed by atoms with Crippen molar-refractivity contribution >= 4 is 49.2 Å². The second-order valence-corrected chi connectivity index (χ2v) is 11.2. The van der Waals surface area contributed by atoms with E-state index in [1.165, 1.54) is 17.5 Å². The van der Waals surface area contributed by atoms with Gasteiger partial charge in [-0.25, -0.2) is 13.8 Å². The SMILES string of the molecule is CCCNS(=O)(=O)Nc1ccc(F)c(C(=O)c2c[nH]c3ncc(-c4ccc(-c5nnc(NC)s5)cc4)cc23)c1F. The zero-order chi connectivity index (χ0) is 28.4. The molecule has 0 amide bonds. The molecule has 2 aromatic carbocycles. The number of nitrogens with zero attached hydrogens (tertiary/aromatic N) is 3. The van der Waals surface area contributed by atoms with Crippen molar-refractivity contribution < 1.29 is 22.0 Å². The quantitative estimate of drug-likeness (QED) is 0.170. The summed E-state index contributed by atoms with van der Waals surface area (Å²) in [7, 11) is -2.35. The summed E-state index contributed by atoms with van der Waals surface area (Å²) in [5.41, 5.74) is 1.24. The number of anilines is 2. The summed E-state index contributed by atoms with van der Waals surface area (Å²) in [6.45, 7) is 1.88. The number of hydrogen-bond acceptors (Lipinski definition) is 8. The molecule has 3 aromatic heterocycles. The smallest absolute Gasteiger partial charge is 0.299 e. The highest BCUT2D eigenvalue weighted by atomic mass is 32.2. The Labute approximate surface area is 232 Å². The first kappa shape index (κ1) is 27.3. The zero-order valence-corrected chi connectivity index (χ0v) is 22.9. The van der Waals surface area contributed by atoms with Crippen LogP contribution in [-0.4, -0.2) is 48.0 Å². The lowest BCUT2D eigenvalue weighted by molar-refractivity contribution is 0.103. The summed E-state index contributed by atoms with van der Waals surface area (Å²) in [4.78, 5) is 20.6. The monoisotopic (exact) mass is 583 g/mol. The lowest BCUT2D eigenvalue weighted by Crippen LogP contribution is -2.31. The van der Waals surface area contributed by atoms with Crippen LogP contribution in [0.25, 0.3) is 32.7 Å². The van der Waals surface area contributed by atoms with Crippen LogP contribution in [0.4, 0.5) is 19.6 Å². The number of aromatic nitrogens is 4. The highest BCUT2D eigenvalue weighted by Gasteiger charge is 2.26. The highest BCUT2D eigenvalue weighted by molar-refractivity contribution is 7.90. The van der Waals surface area contributed by atoms with E-state index in [0.29, 0.717) is 28.1 Å². The van der Waals surface area contributed by atoms with Gasteiger partial charge < -0.3 is 10.3 Å². The molecule has 0 fully saturated rings. The summed E-state index contributed by atoms with van der Waals surface area (Å²) in [5.74, 6) is -3.41. The number of halogens is 2. The Morgan fingerprint density at radius 2 is 1.80 bits per heavy atom. The van der Waals surface area contributed by atoms with Crippen molar-refractivity contribution in [3.63, 3.8) is 0 Å². The average Bonchev–Trinajstić information content (AvgIpc) is 3.61. The molecule has 0 radical (unpaired) electrons. The van der Waals surface area contributed by atoms with Crippen LogP contribution in [-0.2, 0) is 10.2 Å². The maximum atomic E-state index is 15.3. The molecule has 0 aliphatic heterocycles. The minimum atomic E-state index is -4.12. The van der Waals surface area contributed by atoms with Crippen molar-refractivity contribution in [2.24, 2.45) is 0 Å². The Hall–Kier alpha value is -4.27. The first-order chi connectivity index (χ1) is 19.2. The number of fused-ring (bicyclic) bond motifs is 1. The van der Waals surface area contributed by atoms with Crippen LogP contribution in [0.15, 0.2) is 54.9 Å². The van der Waals surface area contributed by atoms with Gasteiger partial charge in [0.25, 0.3) is 10.2 Å². The van der Waals surface area contributed by atoms with Gasteiger partial charge in [-0.3, -0.25) is 9.52 Å². The molecule has 5 rings (SSSR count). The van der Waals surface area contributed by atoms with E-state index in [1.807, 2.05) is 29.0 Å². The number of carbonyl (C=O) groups is 1. The summed E-state index contributed by atoms with van der Waals surface area (Å²) >= 11 is 1.41. The molecule has 0 atom stereocenters. The highest BCUT2D eigenvalue weighted by Crippen LogP contribution is 2.31. The lowest BCUT2D eigenvalue weighted by Gasteiger charge is -2.12. The van der Waals surface area contributed by atoms with E-state index >= 15 is 4.39 Å². The molecule has 206 valence electrons. The van der Waals surface area contributed by atoms with E-state index in [2.05, 4.69) is 30.2 Å². The molecule has 0 spiro atoms. The van der Waals surface area contributed by atoms with Crippen LogP contribution in [0, 0.1) is 11.6 Å². The maximum absolute atomic E-state index is 15.3. The van der Waals surface area contributed by atoms with Crippen molar-refractivity contribution in [2.45, 2.75) is 13.3 Å². The molecule has 40 heavy (non-hydrogen) atoms. The van der Waals surface area contributed by atoms with E-state index in [1.54, 1.807) is 26.2 Å². The van der Waals surface area contributed by atoms with Crippen molar-refractivity contribution in [3.8, 4) is 21.7 Å². The Balaban J connectivity index is 1.47. The summed E-state index contributed by atoms with van der Waals surface area (Å²) in [6.07, 6.45) is 3.45. The van der Waals surface area contributed by atoms with Gasteiger partial charge in [0.05, 0.1) is 11.3 Å².